The molecule has 7 rings (SSSR count). The zero-order valence-electron chi connectivity index (χ0n) is 24.8. The van der Waals surface area contributed by atoms with Crippen molar-refractivity contribution in [2.24, 2.45) is 4.99 Å². The first-order valence-electron chi connectivity index (χ1n) is 14.7. The van der Waals surface area contributed by atoms with Crippen LogP contribution in [0.4, 0.5) is 5.69 Å². The molecule has 5 aromatic carbocycles. The fourth-order valence-corrected chi connectivity index (χ4v) is 5.97. The minimum atomic E-state index is -0.197. The third kappa shape index (κ3) is 4.85. The molecule has 0 saturated carbocycles. The molecule has 0 bridgehead atoms. The summed E-state index contributed by atoms with van der Waals surface area (Å²) in [5, 5.41) is 0. The van der Waals surface area contributed by atoms with Gasteiger partial charge in [-0.3, -0.25) is 4.99 Å². The van der Waals surface area contributed by atoms with Gasteiger partial charge in [0.1, 0.15) is 0 Å². The number of hydrogen-bond acceptors (Lipinski definition) is 4. The maximum absolute atomic E-state index is 4.97. The van der Waals surface area contributed by atoms with Crippen molar-refractivity contribution in [3.05, 3.63) is 144 Å². The van der Waals surface area contributed by atoms with Crippen molar-refractivity contribution in [1.82, 2.24) is 15.0 Å². The predicted molar refractivity (Wildman–Crippen MR) is 177 cm³/mol. The van der Waals surface area contributed by atoms with E-state index >= 15 is 0 Å². The number of nitrogens with zero attached hydrogens (tertiary/aromatic N) is 4. The predicted octanol–water partition coefficient (Wildman–Crippen LogP) is 9.63. The number of fused-ring (bicyclic) bond motifs is 3. The Hall–Kier alpha value is -5.22. The number of para-hydroxylation sites is 1. The summed E-state index contributed by atoms with van der Waals surface area (Å²) in [4.78, 5) is 19.8. The highest BCUT2D eigenvalue weighted by molar-refractivity contribution is 6.01. The van der Waals surface area contributed by atoms with Crippen LogP contribution in [0, 0.1) is 6.92 Å². The second-order valence-corrected chi connectivity index (χ2v) is 11.7. The quantitative estimate of drug-likeness (QED) is 0.199. The molecule has 0 fully saturated rings. The van der Waals surface area contributed by atoms with Crippen LogP contribution in [-0.4, -0.2) is 20.7 Å². The van der Waals surface area contributed by atoms with E-state index in [1.54, 1.807) is 0 Å². The monoisotopic (exact) mass is 556 g/mol. The largest absolute Gasteiger partial charge is 0.253 e. The molecule has 43 heavy (non-hydrogen) atoms. The van der Waals surface area contributed by atoms with E-state index in [0.29, 0.717) is 17.5 Å². The molecule has 1 aliphatic carbocycles. The molecule has 0 saturated heterocycles. The summed E-state index contributed by atoms with van der Waals surface area (Å²) in [6, 6.07) is 41.9. The van der Waals surface area contributed by atoms with Gasteiger partial charge in [-0.1, -0.05) is 117 Å². The lowest BCUT2D eigenvalue weighted by molar-refractivity contribution is 0.660. The van der Waals surface area contributed by atoms with E-state index in [-0.39, 0.29) is 5.41 Å². The van der Waals surface area contributed by atoms with Gasteiger partial charge in [-0.05, 0) is 65.4 Å². The van der Waals surface area contributed by atoms with Gasteiger partial charge in [0.25, 0.3) is 0 Å². The number of aromatic nitrogens is 3. The first-order valence-corrected chi connectivity index (χ1v) is 14.7. The lowest BCUT2D eigenvalue weighted by Crippen LogP contribution is -2.16. The van der Waals surface area contributed by atoms with E-state index in [2.05, 4.69) is 82.3 Å². The highest BCUT2D eigenvalue weighted by Crippen LogP contribution is 2.50. The zero-order valence-corrected chi connectivity index (χ0v) is 24.8. The summed E-state index contributed by atoms with van der Waals surface area (Å²) in [6.45, 7) is 8.80. The van der Waals surface area contributed by atoms with Gasteiger partial charge in [0.2, 0.25) is 0 Å². The van der Waals surface area contributed by atoms with Gasteiger partial charge < -0.3 is 0 Å². The van der Waals surface area contributed by atoms with Crippen LogP contribution in [0.1, 0.15) is 43.0 Å². The van der Waals surface area contributed by atoms with E-state index in [4.69, 9.17) is 19.9 Å². The Kier molecular flexibility index (Phi) is 6.55. The summed E-state index contributed by atoms with van der Waals surface area (Å²) in [6.07, 6.45) is 0. The molecule has 6 aromatic rings. The second-order valence-electron chi connectivity index (χ2n) is 11.7. The van der Waals surface area contributed by atoms with Crippen molar-refractivity contribution in [3.63, 3.8) is 0 Å². The highest BCUT2D eigenvalue weighted by atomic mass is 15.0. The molecule has 4 nitrogen and oxygen atoms in total. The molecular formula is C39H32N4. The number of aryl methyl sites for hydroxylation is 1. The summed E-state index contributed by atoms with van der Waals surface area (Å²) >= 11 is 0. The van der Waals surface area contributed by atoms with Crippen molar-refractivity contribution in [3.8, 4) is 45.3 Å². The lowest BCUT2D eigenvalue weighted by atomic mass is 9.81. The molecule has 1 heterocycles. The molecule has 0 amide bonds. The van der Waals surface area contributed by atoms with E-state index < -0.39 is 0 Å². The molecule has 0 aliphatic heterocycles. The van der Waals surface area contributed by atoms with Crippen LogP contribution in [0.2, 0.25) is 0 Å². The van der Waals surface area contributed by atoms with Gasteiger partial charge in [0.05, 0.1) is 5.69 Å². The number of hydrogen-bond donors (Lipinski definition) is 0. The van der Waals surface area contributed by atoms with Gasteiger partial charge >= 0.3 is 0 Å². The van der Waals surface area contributed by atoms with Crippen LogP contribution in [0.3, 0.4) is 0 Å². The Labute approximate surface area is 252 Å². The Morgan fingerprint density at radius 2 is 1.07 bits per heavy atom. The molecule has 208 valence electrons. The maximum atomic E-state index is 4.97. The highest BCUT2D eigenvalue weighted by Gasteiger charge is 2.36. The van der Waals surface area contributed by atoms with E-state index in [1.165, 1.54) is 27.8 Å². The molecule has 4 heteroatoms. The van der Waals surface area contributed by atoms with E-state index in [9.17, 15) is 0 Å². The number of rotatable bonds is 5. The zero-order chi connectivity index (χ0) is 29.6. The lowest BCUT2D eigenvalue weighted by Gasteiger charge is -2.22. The maximum Gasteiger partial charge on any atom is 0.164 e. The van der Waals surface area contributed by atoms with Gasteiger partial charge in [-0.15, -0.1) is 0 Å². The van der Waals surface area contributed by atoms with E-state index in [1.807, 2.05) is 66.7 Å². The van der Waals surface area contributed by atoms with Gasteiger partial charge in [-0.25, -0.2) is 15.0 Å². The Bertz CT molecular complexity index is 1950. The van der Waals surface area contributed by atoms with E-state index in [0.717, 1.165) is 33.7 Å². The Morgan fingerprint density at radius 3 is 1.67 bits per heavy atom. The molecule has 1 aromatic heterocycles. The van der Waals surface area contributed by atoms with Crippen LogP contribution in [0.15, 0.2) is 126 Å². The molecule has 0 atom stereocenters. The van der Waals surface area contributed by atoms with Crippen molar-refractivity contribution in [1.29, 1.82) is 0 Å². The Balaban J connectivity index is 1.31. The molecule has 0 spiro atoms. The minimum Gasteiger partial charge on any atom is -0.253 e. The summed E-state index contributed by atoms with van der Waals surface area (Å²) in [7, 11) is 0. The number of aliphatic imine (C=N–C) groups is 1. The number of benzene rings is 5. The summed E-state index contributed by atoms with van der Waals surface area (Å²) < 4.78 is 0. The van der Waals surface area contributed by atoms with Gasteiger partial charge in [0.15, 0.2) is 17.5 Å². The third-order valence-corrected chi connectivity index (χ3v) is 8.45. The average Bonchev–Trinajstić information content (AvgIpc) is 3.28. The fraction of sp³-hybridized carbons (Fsp3) is 0.128. The Morgan fingerprint density at radius 1 is 0.558 bits per heavy atom. The second kappa shape index (κ2) is 10.6. The van der Waals surface area contributed by atoms with Crippen LogP contribution < -0.4 is 0 Å². The van der Waals surface area contributed by atoms with Gasteiger partial charge in [-0.2, -0.15) is 0 Å². The topological polar surface area (TPSA) is 51.0 Å². The molecule has 0 radical (unpaired) electrons. The smallest absolute Gasteiger partial charge is 0.164 e. The average molecular weight is 557 g/mol. The van der Waals surface area contributed by atoms with Gasteiger partial charge in [0, 0.05) is 27.8 Å². The molecule has 0 N–H and O–H groups in total. The van der Waals surface area contributed by atoms with Crippen molar-refractivity contribution < 1.29 is 0 Å². The third-order valence-electron chi connectivity index (χ3n) is 8.45. The summed E-state index contributed by atoms with van der Waals surface area (Å²) in [5.41, 5.74) is 12.1. The molecule has 0 unspecified atom stereocenters. The SMILES string of the molecule is CC(=Nc1ccccc1C)c1ccc2c(c1)C(C)(C)c1cc(-c3nc(-c4ccccc4)nc(-c4ccccc4)n3)ccc1-2. The van der Waals surface area contributed by atoms with Crippen LogP contribution >= 0.6 is 0 Å². The van der Waals surface area contributed by atoms with Crippen LogP contribution in [0.5, 0.6) is 0 Å². The first kappa shape index (κ1) is 26.7. The minimum absolute atomic E-state index is 0.197. The first-order chi connectivity index (χ1) is 20.9. The van der Waals surface area contributed by atoms with Crippen molar-refractivity contribution in [2.45, 2.75) is 33.1 Å². The fourth-order valence-electron chi connectivity index (χ4n) is 5.97. The molecule has 1 aliphatic rings. The van der Waals surface area contributed by atoms with Crippen LogP contribution in [0.25, 0.3) is 45.3 Å². The van der Waals surface area contributed by atoms with Crippen molar-refractivity contribution in [2.75, 3.05) is 0 Å². The standard InChI is InChI=1S/C39H32N4/c1-25-13-11-12-18-35(25)40-26(2)29-19-21-31-32-22-20-30(24-34(32)39(3,4)33(31)23-29)38-42-36(27-14-7-5-8-15-27)41-37(43-38)28-16-9-6-10-17-28/h5-24H,1-4H3. The van der Waals surface area contributed by atoms with Crippen molar-refractivity contribution >= 4 is 11.4 Å². The van der Waals surface area contributed by atoms with Crippen LogP contribution in [-0.2, 0) is 5.41 Å². The normalized spacial score (nSPS) is 13.4. The molecular weight excluding hydrogens is 524 g/mol. The summed E-state index contributed by atoms with van der Waals surface area (Å²) in [5.74, 6) is 2.00.